The lowest BCUT2D eigenvalue weighted by Crippen LogP contribution is -2.34. The van der Waals surface area contributed by atoms with E-state index in [1.54, 1.807) is 0 Å². The zero-order valence-corrected chi connectivity index (χ0v) is 10.3. The van der Waals surface area contributed by atoms with Crippen LogP contribution in [-0.4, -0.2) is 17.3 Å². The van der Waals surface area contributed by atoms with Crippen molar-refractivity contribution in [3.05, 3.63) is 0 Å². The summed E-state index contributed by atoms with van der Waals surface area (Å²) in [6.45, 7) is 4.65. The summed E-state index contributed by atoms with van der Waals surface area (Å²) in [4.78, 5) is 11.3. The molecule has 3 nitrogen and oxygen atoms in total. The molecule has 0 aromatic carbocycles. The number of rotatable bonds is 6. The van der Waals surface area contributed by atoms with E-state index in [2.05, 4.69) is 27.3 Å². The molecule has 0 aliphatic heterocycles. The monoisotopic (exact) mass is 260 g/mol. The second-order valence-electron chi connectivity index (χ2n) is 3.55. The Morgan fingerprint density at radius 1 is 1.50 bits per heavy atom. The molecule has 0 radical (unpaired) electrons. The van der Waals surface area contributed by atoms with Gasteiger partial charge in [-0.05, 0) is 18.8 Å². The number of unbranched alkanes of at least 4 members (excludes halogenated alkanes) is 2. The molecule has 0 bridgehead atoms. The third-order valence-electron chi connectivity index (χ3n) is 1.85. The Morgan fingerprint density at radius 3 is 2.64 bits per heavy atom. The van der Waals surface area contributed by atoms with E-state index in [0.717, 1.165) is 12.8 Å². The quantitative estimate of drug-likeness (QED) is 0.588. The lowest BCUT2D eigenvalue weighted by Gasteiger charge is -2.13. The van der Waals surface area contributed by atoms with Crippen LogP contribution in [0, 0.1) is 17.2 Å². The number of amides is 1. The molecule has 0 heterocycles. The van der Waals surface area contributed by atoms with E-state index >= 15 is 0 Å². The van der Waals surface area contributed by atoms with E-state index in [0.29, 0.717) is 18.9 Å². The van der Waals surface area contributed by atoms with Crippen LogP contribution in [0.15, 0.2) is 0 Å². The van der Waals surface area contributed by atoms with Crippen molar-refractivity contribution in [3.8, 4) is 6.07 Å². The standard InChI is InChI=1S/C10H17BrN2O/c1-8(2)9(11)10(14)13-7-5-3-4-6-12/h8-9H,3-5,7H2,1-2H3,(H,13,14). The second kappa shape index (κ2) is 7.81. The summed E-state index contributed by atoms with van der Waals surface area (Å²) >= 11 is 3.33. The lowest BCUT2D eigenvalue weighted by atomic mass is 10.1. The molecule has 0 rings (SSSR count). The predicted molar refractivity (Wildman–Crippen MR) is 60.0 cm³/mol. The molecule has 0 aromatic rings. The highest BCUT2D eigenvalue weighted by molar-refractivity contribution is 9.10. The maximum Gasteiger partial charge on any atom is 0.234 e. The highest BCUT2D eigenvalue weighted by atomic mass is 79.9. The summed E-state index contributed by atoms with van der Waals surface area (Å²) in [5, 5.41) is 11.1. The highest BCUT2D eigenvalue weighted by Gasteiger charge is 2.17. The van der Waals surface area contributed by atoms with Crippen LogP contribution < -0.4 is 5.32 Å². The summed E-state index contributed by atoms with van der Waals surface area (Å²) < 4.78 is 0. The van der Waals surface area contributed by atoms with Crippen LogP contribution in [0.25, 0.3) is 0 Å². The Bertz CT molecular complexity index is 211. The van der Waals surface area contributed by atoms with E-state index in [-0.39, 0.29) is 10.7 Å². The number of nitrogens with zero attached hydrogens (tertiary/aromatic N) is 1. The van der Waals surface area contributed by atoms with E-state index in [1.165, 1.54) is 0 Å². The smallest absolute Gasteiger partial charge is 0.234 e. The van der Waals surface area contributed by atoms with Gasteiger partial charge in [0.1, 0.15) is 0 Å². The molecule has 14 heavy (non-hydrogen) atoms. The van der Waals surface area contributed by atoms with Crippen LogP contribution in [0.3, 0.4) is 0 Å². The molecule has 1 atom stereocenters. The normalized spacial score (nSPS) is 12.2. The van der Waals surface area contributed by atoms with Gasteiger partial charge in [0.15, 0.2) is 0 Å². The Balaban J connectivity index is 3.50. The number of hydrogen-bond acceptors (Lipinski definition) is 2. The van der Waals surface area contributed by atoms with Gasteiger partial charge in [-0.15, -0.1) is 0 Å². The van der Waals surface area contributed by atoms with Crippen molar-refractivity contribution in [3.63, 3.8) is 0 Å². The summed E-state index contributed by atoms with van der Waals surface area (Å²) in [6, 6.07) is 2.07. The molecular formula is C10H17BrN2O. The van der Waals surface area contributed by atoms with Crippen LogP contribution >= 0.6 is 15.9 Å². The van der Waals surface area contributed by atoms with Crippen LogP contribution in [0.4, 0.5) is 0 Å². The predicted octanol–water partition coefficient (Wildman–Crippen LogP) is 2.22. The Labute approximate surface area is 94.0 Å². The maximum absolute atomic E-state index is 11.4. The van der Waals surface area contributed by atoms with Crippen LogP contribution in [0.5, 0.6) is 0 Å². The zero-order valence-electron chi connectivity index (χ0n) is 8.72. The van der Waals surface area contributed by atoms with Crippen LogP contribution in [0.2, 0.25) is 0 Å². The number of nitriles is 1. The zero-order chi connectivity index (χ0) is 11.0. The molecule has 0 aromatic heterocycles. The third kappa shape index (κ3) is 5.98. The van der Waals surface area contributed by atoms with Crippen molar-refractivity contribution in [1.29, 1.82) is 5.26 Å². The Kier molecular flexibility index (Phi) is 7.50. The maximum atomic E-state index is 11.4. The first-order chi connectivity index (χ1) is 6.59. The molecule has 1 unspecified atom stereocenters. The fraction of sp³-hybridized carbons (Fsp3) is 0.800. The van der Waals surface area contributed by atoms with Crippen LogP contribution in [0.1, 0.15) is 33.1 Å². The topological polar surface area (TPSA) is 52.9 Å². The molecule has 0 aliphatic rings. The molecule has 0 fully saturated rings. The van der Waals surface area contributed by atoms with Gasteiger partial charge in [-0.1, -0.05) is 29.8 Å². The van der Waals surface area contributed by atoms with Gasteiger partial charge >= 0.3 is 0 Å². The molecule has 0 saturated heterocycles. The molecule has 4 heteroatoms. The van der Waals surface area contributed by atoms with Crippen molar-refractivity contribution in [2.45, 2.75) is 37.9 Å². The summed E-state index contributed by atoms with van der Waals surface area (Å²) in [6.07, 6.45) is 2.29. The van der Waals surface area contributed by atoms with Gasteiger partial charge in [0.2, 0.25) is 5.91 Å². The van der Waals surface area contributed by atoms with E-state index < -0.39 is 0 Å². The van der Waals surface area contributed by atoms with Crippen molar-refractivity contribution >= 4 is 21.8 Å². The van der Waals surface area contributed by atoms with Gasteiger partial charge in [-0.25, -0.2) is 0 Å². The summed E-state index contributed by atoms with van der Waals surface area (Å²) in [5.41, 5.74) is 0. The highest BCUT2D eigenvalue weighted by Crippen LogP contribution is 2.11. The number of hydrogen-bond donors (Lipinski definition) is 1. The average molecular weight is 261 g/mol. The van der Waals surface area contributed by atoms with Gasteiger partial charge in [0.25, 0.3) is 0 Å². The minimum absolute atomic E-state index is 0.0388. The molecule has 0 spiro atoms. The van der Waals surface area contributed by atoms with Gasteiger partial charge in [0.05, 0.1) is 10.9 Å². The first kappa shape index (κ1) is 13.4. The SMILES string of the molecule is CC(C)C(Br)C(=O)NCCCCC#N. The lowest BCUT2D eigenvalue weighted by molar-refractivity contribution is -0.121. The van der Waals surface area contributed by atoms with E-state index in [4.69, 9.17) is 5.26 Å². The molecule has 0 saturated carbocycles. The summed E-state index contributed by atoms with van der Waals surface area (Å²) in [7, 11) is 0. The first-order valence-corrected chi connectivity index (χ1v) is 5.80. The van der Waals surface area contributed by atoms with Crippen LogP contribution in [-0.2, 0) is 4.79 Å². The molecule has 80 valence electrons. The number of carbonyl (C=O) groups is 1. The number of nitrogens with one attached hydrogen (secondary N) is 1. The average Bonchev–Trinajstić information content (AvgIpc) is 2.16. The second-order valence-corrected chi connectivity index (χ2v) is 4.54. The minimum atomic E-state index is -0.113. The van der Waals surface area contributed by atoms with Gasteiger partial charge in [-0.3, -0.25) is 4.79 Å². The molecular weight excluding hydrogens is 244 g/mol. The van der Waals surface area contributed by atoms with Crippen molar-refractivity contribution in [1.82, 2.24) is 5.32 Å². The van der Waals surface area contributed by atoms with E-state index in [9.17, 15) is 4.79 Å². The Morgan fingerprint density at radius 2 is 2.14 bits per heavy atom. The van der Waals surface area contributed by atoms with Gasteiger partial charge < -0.3 is 5.32 Å². The first-order valence-electron chi connectivity index (χ1n) is 4.88. The molecule has 0 aliphatic carbocycles. The number of carbonyl (C=O) groups excluding carboxylic acids is 1. The minimum Gasteiger partial charge on any atom is -0.355 e. The van der Waals surface area contributed by atoms with E-state index in [1.807, 2.05) is 13.8 Å². The fourth-order valence-corrected chi connectivity index (χ4v) is 1.10. The number of halogens is 1. The van der Waals surface area contributed by atoms with Gasteiger partial charge in [-0.2, -0.15) is 5.26 Å². The fourth-order valence-electron chi connectivity index (χ4n) is 0.941. The largest absolute Gasteiger partial charge is 0.355 e. The molecule has 1 N–H and O–H groups in total. The number of alkyl halides is 1. The van der Waals surface area contributed by atoms with Crippen molar-refractivity contribution in [2.75, 3.05) is 6.54 Å². The van der Waals surface area contributed by atoms with Gasteiger partial charge in [0, 0.05) is 13.0 Å². The van der Waals surface area contributed by atoms with Crippen molar-refractivity contribution < 1.29 is 4.79 Å². The van der Waals surface area contributed by atoms with Crippen molar-refractivity contribution in [2.24, 2.45) is 5.92 Å². The molecule has 1 amide bonds. The summed E-state index contributed by atoms with van der Waals surface area (Å²) in [5.74, 6) is 0.339. The third-order valence-corrected chi connectivity index (χ3v) is 3.32. The Hall–Kier alpha value is -0.560.